The van der Waals surface area contributed by atoms with E-state index in [1.165, 1.54) is 11.8 Å². The molecule has 130 valence electrons. The second-order valence-electron chi connectivity index (χ2n) is 5.58. The second kappa shape index (κ2) is 8.53. The zero-order valence-corrected chi connectivity index (χ0v) is 16.1. The molecule has 4 nitrogen and oxygen atoms in total. The molecule has 2 rings (SSSR count). The molecule has 0 saturated carbocycles. The number of thiocarbonyl (C=S) groups is 1. The first-order chi connectivity index (χ1) is 11.5. The van der Waals surface area contributed by atoms with Crippen LogP contribution in [0.4, 0.5) is 0 Å². The Morgan fingerprint density at radius 3 is 2.71 bits per heavy atom. The number of amides is 1. The van der Waals surface area contributed by atoms with E-state index in [0.29, 0.717) is 27.3 Å². The first-order valence-corrected chi connectivity index (χ1v) is 9.32. The van der Waals surface area contributed by atoms with Crippen molar-refractivity contribution < 1.29 is 14.3 Å². The fourth-order valence-corrected chi connectivity index (χ4v) is 3.55. The van der Waals surface area contributed by atoms with Gasteiger partial charge < -0.3 is 9.47 Å². The molecule has 1 atom stereocenters. The van der Waals surface area contributed by atoms with Gasteiger partial charge in [0.1, 0.15) is 4.32 Å². The minimum Gasteiger partial charge on any atom is -0.493 e. The highest BCUT2D eigenvalue weighted by Crippen LogP contribution is 2.35. The average molecular weight is 366 g/mol. The zero-order valence-electron chi connectivity index (χ0n) is 14.5. The van der Waals surface area contributed by atoms with E-state index in [9.17, 15) is 4.79 Å². The van der Waals surface area contributed by atoms with Crippen molar-refractivity contribution in [3.05, 3.63) is 28.7 Å². The molecule has 0 bridgehead atoms. The molecule has 0 aliphatic carbocycles. The number of hydrogen-bond acceptors (Lipinski definition) is 5. The highest BCUT2D eigenvalue weighted by atomic mass is 32.2. The normalized spacial score (nSPS) is 17.5. The van der Waals surface area contributed by atoms with Crippen molar-refractivity contribution in [3.8, 4) is 11.5 Å². The Kier molecular flexibility index (Phi) is 6.69. The Morgan fingerprint density at radius 2 is 2.08 bits per heavy atom. The monoisotopic (exact) mass is 365 g/mol. The summed E-state index contributed by atoms with van der Waals surface area (Å²) in [6, 6.07) is 5.68. The Morgan fingerprint density at radius 1 is 1.33 bits per heavy atom. The molecule has 1 saturated heterocycles. The van der Waals surface area contributed by atoms with Crippen molar-refractivity contribution in [1.82, 2.24) is 4.90 Å². The van der Waals surface area contributed by atoms with E-state index >= 15 is 0 Å². The Bertz CT molecular complexity index is 658. The van der Waals surface area contributed by atoms with Gasteiger partial charge in [-0.1, -0.05) is 43.9 Å². The first-order valence-electron chi connectivity index (χ1n) is 8.10. The quantitative estimate of drug-likeness (QED) is 0.526. The molecule has 1 fully saturated rings. The summed E-state index contributed by atoms with van der Waals surface area (Å²) < 4.78 is 11.9. The van der Waals surface area contributed by atoms with Crippen molar-refractivity contribution in [1.29, 1.82) is 0 Å². The molecule has 1 aliphatic heterocycles. The van der Waals surface area contributed by atoms with E-state index in [2.05, 4.69) is 6.92 Å². The van der Waals surface area contributed by atoms with Crippen LogP contribution in [0, 0.1) is 0 Å². The fourth-order valence-electron chi connectivity index (χ4n) is 2.24. The van der Waals surface area contributed by atoms with Crippen molar-refractivity contribution in [2.75, 3.05) is 13.7 Å². The van der Waals surface area contributed by atoms with Gasteiger partial charge in [-0.2, -0.15) is 0 Å². The third kappa shape index (κ3) is 4.30. The van der Waals surface area contributed by atoms with Gasteiger partial charge in [0.05, 0.1) is 18.1 Å². The molecule has 1 aromatic rings. The number of hydrogen-bond donors (Lipinski definition) is 0. The number of ether oxygens (including phenoxy) is 2. The number of rotatable bonds is 7. The van der Waals surface area contributed by atoms with Crippen LogP contribution in [-0.2, 0) is 4.79 Å². The average Bonchev–Trinajstić information content (AvgIpc) is 2.83. The van der Waals surface area contributed by atoms with Gasteiger partial charge in [-0.3, -0.25) is 9.69 Å². The van der Waals surface area contributed by atoms with Crippen LogP contribution in [0.1, 0.15) is 39.2 Å². The predicted octanol–water partition coefficient (Wildman–Crippen LogP) is 4.48. The summed E-state index contributed by atoms with van der Waals surface area (Å²) in [6.45, 7) is 6.78. The van der Waals surface area contributed by atoms with Crippen LogP contribution in [0.5, 0.6) is 11.5 Å². The van der Waals surface area contributed by atoms with Gasteiger partial charge in [-0.25, -0.2) is 0 Å². The fraction of sp³-hybridized carbons (Fsp3) is 0.444. The van der Waals surface area contributed by atoms with Crippen LogP contribution in [0.25, 0.3) is 6.08 Å². The molecule has 0 N–H and O–H groups in total. The molecule has 0 unspecified atom stereocenters. The lowest BCUT2D eigenvalue weighted by Crippen LogP contribution is -2.28. The van der Waals surface area contributed by atoms with E-state index in [4.69, 9.17) is 21.7 Å². The molecule has 0 spiro atoms. The minimum absolute atomic E-state index is 0.0225. The number of carbonyl (C=O) groups is 1. The number of nitrogens with zero attached hydrogens (tertiary/aromatic N) is 1. The van der Waals surface area contributed by atoms with Gasteiger partial charge in [0.25, 0.3) is 5.91 Å². The standard InChI is InChI=1S/C18H23NO3S2/c1-5-9-19-17(20)16(24-18(19)23)11-13-7-8-14(15(10-13)21-4)22-12(3)6-2/h7-8,10-12H,5-6,9H2,1-4H3/b16-11+/t12-/m0/s1. The highest BCUT2D eigenvalue weighted by molar-refractivity contribution is 8.26. The van der Waals surface area contributed by atoms with Crippen LogP contribution < -0.4 is 9.47 Å². The first kappa shape index (κ1) is 18.8. The van der Waals surface area contributed by atoms with E-state index in [1.807, 2.05) is 38.1 Å². The lowest BCUT2D eigenvalue weighted by Gasteiger charge is -2.15. The molecule has 1 aromatic carbocycles. The van der Waals surface area contributed by atoms with Gasteiger partial charge >= 0.3 is 0 Å². The lowest BCUT2D eigenvalue weighted by molar-refractivity contribution is -0.122. The van der Waals surface area contributed by atoms with E-state index in [0.717, 1.165) is 18.4 Å². The zero-order chi connectivity index (χ0) is 17.7. The highest BCUT2D eigenvalue weighted by Gasteiger charge is 2.31. The van der Waals surface area contributed by atoms with Gasteiger partial charge in [-0.05, 0) is 43.5 Å². The largest absolute Gasteiger partial charge is 0.493 e. The molecule has 24 heavy (non-hydrogen) atoms. The third-order valence-corrected chi connectivity index (χ3v) is 5.09. The molecule has 1 heterocycles. The Balaban J connectivity index is 2.24. The van der Waals surface area contributed by atoms with Crippen molar-refractivity contribution in [3.63, 3.8) is 0 Å². The van der Waals surface area contributed by atoms with Crippen LogP contribution in [0.15, 0.2) is 23.1 Å². The van der Waals surface area contributed by atoms with Crippen molar-refractivity contribution >= 4 is 40.3 Å². The number of benzene rings is 1. The predicted molar refractivity (Wildman–Crippen MR) is 104 cm³/mol. The summed E-state index contributed by atoms with van der Waals surface area (Å²) in [5, 5.41) is 0. The smallest absolute Gasteiger partial charge is 0.266 e. The minimum atomic E-state index is -0.0225. The molecular weight excluding hydrogens is 342 g/mol. The van der Waals surface area contributed by atoms with Gasteiger partial charge in [-0.15, -0.1) is 0 Å². The summed E-state index contributed by atoms with van der Waals surface area (Å²) in [4.78, 5) is 14.7. The summed E-state index contributed by atoms with van der Waals surface area (Å²) in [5.41, 5.74) is 0.889. The molecule has 0 radical (unpaired) electrons. The summed E-state index contributed by atoms with van der Waals surface area (Å²) in [5.74, 6) is 1.35. The molecular formula is C18H23NO3S2. The van der Waals surface area contributed by atoms with Gasteiger partial charge in [0, 0.05) is 6.54 Å². The topological polar surface area (TPSA) is 38.8 Å². The van der Waals surface area contributed by atoms with E-state index in [-0.39, 0.29) is 12.0 Å². The maximum atomic E-state index is 12.4. The molecule has 1 amide bonds. The van der Waals surface area contributed by atoms with Crippen molar-refractivity contribution in [2.24, 2.45) is 0 Å². The van der Waals surface area contributed by atoms with E-state index < -0.39 is 0 Å². The number of thioether (sulfide) groups is 1. The Hall–Kier alpha value is -1.53. The maximum absolute atomic E-state index is 12.4. The van der Waals surface area contributed by atoms with Crippen molar-refractivity contribution in [2.45, 2.75) is 39.7 Å². The van der Waals surface area contributed by atoms with Gasteiger partial charge in [0.2, 0.25) is 0 Å². The van der Waals surface area contributed by atoms with Crippen LogP contribution in [0.3, 0.4) is 0 Å². The summed E-state index contributed by atoms with van der Waals surface area (Å²) in [7, 11) is 1.61. The molecule has 0 aromatic heterocycles. The summed E-state index contributed by atoms with van der Waals surface area (Å²) >= 11 is 6.63. The van der Waals surface area contributed by atoms with E-state index in [1.54, 1.807) is 12.0 Å². The second-order valence-corrected chi connectivity index (χ2v) is 7.26. The lowest BCUT2D eigenvalue weighted by atomic mass is 10.1. The SMILES string of the molecule is CCCN1C(=O)/C(=C\c2ccc(O[C@@H](C)CC)c(OC)c2)SC1=S. The van der Waals surface area contributed by atoms with Crippen LogP contribution in [0.2, 0.25) is 0 Å². The third-order valence-electron chi connectivity index (χ3n) is 3.71. The number of carbonyl (C=O) groups excluding carboxylic acids is 1. The summed E-state index contributed by atoms with van der Waals surface area (Å²) in [6.07, 6.45) is 3.78. The van der Waals surface area contributed by atoms with Crippen LogP contribution in [-0.4, -0.2) is 34.9 Å². The molecule has 6 heteroatoms. The molecule has 1 aliphatic rings. The van der Waals surface area contributed by atoms with Gasteiger partial charge in [0.15, 0.2) is 11.5 Å². The maximum Gasteiger partial charge on any atom is 0.266 e. The Labute approximate surface area is 153 Å². The van der Waals surface area contributed by atoms with Crippen LogP contribution >= 0.6 is 24.0 Å². The number of methoxy groups -OCH3 is 1.